The normalized spacial score (nSPS) is 11.9. The molecule has 1 aromatic carbocycles. The topological polar surface area (TPSA) is 90.6 Å². The molecule has 1 atom stereocenters. The van der Waals surface area contributed by atoms with Crippen molar-refractivity contribution in [1.29, 1.82) is 0 Å². The monoisotopic (exact) mass is 294 g/mol. The molecule has 6 nitrogen and oxygen atoms in total. The molecule has 1 unspecified atom stereocenters. The van der Waals surface area contributed by atoms with Crippen molar-refractivity contribution in [3.63, 3.8) is 0 Å². The zero-order chi connectivity index (χ0) is 15.8. The molecule has 0 bridgehead atoms. The highest BCUT2D eigenvalue weighted by atomic mass is 16.6. The molecule has 3 N–H and O–H groups in total. The Morgan fingerprint density at radius 1 is 1.24 bits per heavy atom. The van der Waals surface area contributed by atoms with Crippen LogP contribution < -0.4 is 15.8 Å². The first-order valence-corrected chi connectivity index (χ1v) is 6.78. The number of methoxy groups -OCH3 is 1. The third-order valence-electron chi connectivity index (χ3n) is 3.10. The Kier molecular flexibility index (Phi) is 6.68. The zero-order valence-corrected chi connectivity index (χ0v) is 12.6. The fraction of sp³-hybridized carbons (Fsp3) is 0.467. The minimum Gasteiger partial charge on any atom is -0.482 e. The highest BCUT2D eigenvalue weighted by Gasteiger charge is 2.20. The van der Waals surface area contributed by atoms with Crippen LogP contribution in [0, 0.1) is 11.8 Å². The summed E-state index contributed by atoms with van der Waals surface area (Å²) in [6.07, 6.45) is 0. The average Bonchev–Trinajstić information content (AvgIpc) is 2.46. The highest BCUT2D eigenvalue weighted by Crippen LogP contribution is 2.18. The molecule has 0 aliphatic heterocycles. The molecule has 0 saturated heterocycles. The lowest BCUT2D eigenvalue weighted by molar-refractivity contribution is -0.142. The predicted molar refractivity (Wildman–Crippen MR) is 80.0 cm³/mol. The Labute approximate surface area is 124 Å². The Bertz CT molecular complexity index is 471. The summed E-state index contributed by atoms with van der Waals surface area (Å²) in [5, 5.41) is 2.81. The molecule has 1 rings (SSSR count). The maximum absolute atomic E-state index is 12.0. The number of hydrogen-bond acceptors (Lipinski definition) is 5. The summed E-state index contributed by atoms with van der Waals surface area (Å²) >= 11 is 0. The molecule has 0 aliphatic rings. The third kappa shape index (κ3) is 5.43. The minimum atomic E-state index is -0.449. The Balaban J connectivity index is 2.58. The fourth-order valence-corrected chi connectivity index (χ4v) is 1.75. The van der Waals surface area contributed by atoms with Crippen molar-refractivity contribution < 1.29 is 19.1 Å². The molecule has 6 heteroatoms. The van der Waals surface area contributed by atoms with Crippen LogP contribution in [0.15, 0.2) is 24.3 Å². The molecule has 0 spiro atoms. The zero-order valence-electron chi connectivity index (χ0n) is 12.6. The first kappa shape index (κ1) is 17.0. The van der Waals surface area contributed by atoms with E-state index >= 15 is 0 Å². The molecule has 0 radical (unpaired) electrons. The first-order chi connectivity index (χ1) is 9.97. The SMILES string of the molecule is COC(=O)COc1ccc(NC(=O)C(CN)C(C)C)cc1. The van der Waals surface area contributed by atoms with Crippen molar-refractivity contribution in [1.82, 2.24) is 0 Å². The minimum absolute atomic E-state index is 0.101. The van der Waals surface area contributed by atoms with Gasteiger partial charge in [-0.3, -0.25) is 4.79 Å². The van der Waals surface area contributed by atoms with Gasteiger partial charge in [-0.2, -0.15) is 0 Å². The van der Waals surface area contributed by atoms with Crippen LogP contribution in [0.2, 0.25) is 0 Å². The number of carbonyl (C=O) groups excluding carboxylic acids is 2. The van der Waals surface area contributed by atoms with Gasteiger partial charge in [-0.05, 0) is 30.2 Å². The lowest BCUT2D eigenvalue weighted by atomic mass is 9.95. The molecule has 0 aliphatic carbocycles. The molecule has 1 aromatic rings. The van der Waals surface area contributed by atoms with E-state index in [-0.39, 0.29) is 24.3 Å². The van der Waals surface area contributed by atoms with Crippen LogP contribution in [0.25, 0.3) is 0 Å². The van der Waals surface area contributed by atoms with Crippen LogP contribution in [0.4, 0.5) is 5.69 Å². The lowest BCUT2D eigenvalue weighted by Gasteiger charge is -2.18. The Morgan fingerprint density at radius 3 is 2.33 bits per heavy atom. The second-order valence-corrected chi connectivity index (χ2v) is 4.96. The summed E-state index contributed by atoms with van der Waals surface area (Å²) in [5.74, 6) is -0.0682. The summed E-state index contributed by atoms with van der Waals surface area (Å²) in [4.78, 5) is 23.0. The van der Waals surface area contributed by atoms with Gasteiger partial charge in [-0.15, -0.1) is 0 Å². The predicted octanol–water partition coefficient (Wildman–Crippen LogP) is 1.41. The summed E-state index contributed by atoms with van der Waals surface area (Å²) in [6, 6.07) is 6.76. The molecule has 0 aromatic heterocycles. The average molecular weight is 294 g/mol. The third-order valence-corrected chi connectivity index (χ3v) is 3.10. The standard InChI is InChI=1S/C15H22N2O4/c1-10(2)13(8-16)15(19)17-11-4-6-12(7-5-11)21-9-14(18)20-3/h4-7,10,13H,8-9,16H2,1-3H3,(H,17,19). The molecule has 0 fully saturated rings. The van der Waals surface area contributed by atoms with Gasteiger partial charge in [0, 0.05) is 12.2 Å². The van der Waals surface area contributed by atoms with E-state index in [1.54, 1.807) is 24.3 Å². The maximum Gasteiger partial charge on any atom is 0.343 e. The van der Waals surface area contributed by atoms with Crippen molar-refractivity contribution in [3.8, 4) is 5.75 Å². The Morgan fingerprint density at radius 2 is 1.86 bits per heavy atom. The Hall–Kier alpha value is -2.08. The van der Waals surface area contributed by atoms with E-state index in [1.165, 1.54) is 7.11 Å². The lowest BCUT2D eigenvalue weighted by Crippen LogP contribution is -2.33. The van der Waals surface area contributed by atoms with Crippen molar-refractivity contribution in [3.05, 3.63) is 24.3 Å². The van der Waals surface area contributed by atoms with Gasteiger partial charge >= 0.3 is 5.97 Å². The molecular formula is C15H22N2O4. The van der Waals surface area contributed by atoms with Crippen LogP contribution in [0.5, 0.6) is 5.75 Å². The van der Waals surface area contributed by atoms with Gasteiger partial charge in [0.15, 0.2) is 6.61 Å². The van der Waals surface area contributed by atoms with E-state index in [9.17, 15) is 9.59 Å². The maximum atomic E-state index is 12.0. The van der Waals surface area contributed by atoms with Crippen LogP contribution in [-0.2, 0) is 14.3 Å². The van der Waals surface area contributed by atoms with Crippen molar-refractivity contribution in [2.24, 2.45) is 17.6 Å². The van der Waals surface area contributed by atoms with Gasteiger partial charge < -0.3 is 20.5 Å². The van der Waals surface area contributed by atoms with Gasteiger partial charge in [0.05, 0.1) is 13.0 Å². The number of hydrogen-bond donors (Lipinski definition) is 2. The molecule has 0 heterocycles. The van der Waals surface area contributed by atoms with E-state index in [0.717, 1.165) is 0 Å². The van der Waals surface area contributed by atoms with Crippen LogP contribution in [0.3, 0.4) is 0 Å². The van der Waals surface area contributed by atoms with E-state index in [0.29, 0.717) is 18.0 Å². The highest BCUT2D eigenvalue weighted by molar-refractivity contribution is 5.92. The number of rotatable bonds is 7. The fourth-order valence-electron chi connectivity index (χ4n) is 1.75. The summed E-state index contributed by atoms with van der Waals surface area (Å²) in [5.41, 5.74) is 6.27. The number of carbonyl (C=O) groups is 2. The number of esters is 1. The summed E-state index contributed by atoms with van der Waals surface area (Å²) in [7, 11) is 1.30. The second-order valence-electron chi connectivity index (χ2n) is 4.96. The number of benzene rings is 1. The summed E-state index contributed by atoms with van der Waals surface area (Å²) in [6.45, 7) is 4.08. The number of amides is 1. The smallest absolute Gasteiger partial charge is 0.343 e. The van der Waals surface area contributed by atoms with E-state index in [1.807, 2.05) is 13.8 Å². The van der Waals surface area contributed by atoms with Gasteiger partial charge in [0.2, 0.25) is 5.91 Å². The van der Waals surface area contributed by atoms with E-state index in [4.69, 9.17) is 10.5 Å². The first-order valence-electron chi connectivity index (χ1n) is 6.78. The van der Waals surface area contributed by atoms with Crippen molar-refractivity contribution in [2.45, 2.75) is 13.8 Å². The molecule has 116 valence electrons. The molecular weight excluding hydrogens is 272 g/mol. The van der Waals surface area contributed by atoms with Crippen LogP contribution >= 0.6 is 0 Å². The number of ether oxygens (including phenoxy) is 2. The quantitative estimate of drug-likeness (QED) is 0.742. The van der Waals surface area contributed by atoms with E-state index < -0.39 is 5.97 Å². The largest absolute Gasteiger partial charge is 0.482 e. The second kappa shape index (κ2) is 8.26. The van der Waals surface area contributed by atoms with Gasteiger partial charge in [0.25, 0.3) is 0 Å². The number of anilines is 1. The number of nitrogens with two attached hydrogens (primary N) is 1. The van der Waals surface area contributed by atoms with Gasteiger partial charge in [-0.25, -0.2) is 4.79 Å². The van der Waals surface area contributed by atoms with Gasteiger partial charge in [0.1, 0.15) is 5.75 Å². The van der Waals surface area contributed by atoms with Crippen molar-refractivity contribution >= 4 is 17.6 Å². The van der Waals surface area contributed by atoms with Crippen LogP contribution in [-0.4, -0.2) is 32.1 Å². The van der Waals surface area contributed by atoms with Crippen LogP contribution in [0.1, 0.15) is 13.8 Å². The van der Waals surface area contributed by atoms with E-state index in [2.05, 4.69) is 10.1 Å². The molecule has 1 amide bonds. The number of nitrogens with one attached hydrogen (secondary N) is 1. The molecule has 0 saturated carbocycles. The molecule has 21 heavy (non-hydrogen) atoms. The van der Waals surface area contributed by atoms with Crippen molar-refractivity contribution in [2.75, 3.05) is 25.6 Å². The van der Waals surface area contributed by atoms with Gasteiger partial charge in [-0.1, -0.05) is 13.8 Å². The summed E-state index contributed by atoms with van der Waals surface area (Å²) < 4.78 is 9.69.